The molecule has 2 aliphatic carbocycles. The summed E-state index contributed by atoms with van der Waals surface area (Å²) >= 11 is 0. The summed E-state index contributed by atoms with van der Waals surface area (Å²) in [6, 6.07) is 2.03. The number of urea groups is 1. The quantitative estimate of drug-likeness (QED) is 0.776. The van der Waals surface area contributed by atoms with Gasteiger partial charge in [-0.1, -0.05) is 6.92 Å². The van der Waals surface area contributed by atoms with Crippen LogP contribution >= 0.6 is 0 Å². The number of carbonyl (C=O) groups is 1. The number of aromatic nitrogens is 2. The van der Waals surface area contributed by atoms with Crippen LogP contribution in [0.5, 0.6) is 0 Å². The highest BCUT2D eigenvalue weighted by Crippen LogP contribution is 2.62. The molecule has 2 heterocycles. The zero-order chi connectivity index (χ0) is 20.5. The van der Waals surface area contributed by atoms with E-state index in [4.69, 9.17) is 0 Å². The molecule has 1 aromatic heterocycles. The van der Waals surface area contributed by atoms with E-state index in [1.807, 2.05) is 11.5 Å². The number of fused-ring (bicyclic) bond motifs is 2. The Bertz CT molecular complexity index is 957. The number of amides is 2. The van der Waals surface area contributed by atoms with Gasteiger partial charge in [0, 0.05) is 24.2 Å². The first kappa shape index (κ1) is 18.7. The molecule has 9 heteroatoms. The van der Waals surface area contributed by atoms with Crippen LogP contribution in [0.1, 0.15) is 32.2 Å². The molecule has 156 valence electrons. The van der Waals surface area contributed by atoms with Crippen LogP contribution in [-0.4, -0.2) is 45.5 Å². The van der Waals surface area contributed by atoms with Crippen LogP contribution < -0.4 is 5.32 Å². The van der Waals surface area contributed by atoms with Crippen LogP contribution in [0.15, 0.2) is 18.5 Å². The molecule has 2 aromatic rings. The van der Waals surface area contributed by atoms with E-state index in [-0.39, 0.29) is 12.1 Å². The molecule has 5 rings (SSSR count). The fourth-order valence-corrected chi connectivity index (χ4v) is 5.38. The standard InChI is InChI=1S/C20H22F4N4O/c1-2-15(26-19(29)27-7-20(23,24)8-27)18-11-3-10(4-12(11)18)28-9-25-16-5-13(21)14(22)6-17(16)28/h5-6,9-12,15,18H,2-4,7-8H2,1H3,(H,26,29)/t10-,11-,12+,15-,18+/m1/s1. The maximum atomic E-state index is 13.7. The number of hydrogen-bond donors (Lipinski definition) is 1. The van der Waals surface area contributed by atoms with Crippen molar-refractivity contribution in [3.05, 3.63) is 30.1 Å². The number of alkyl halides is 2. The molecule has 0 radical (unpaired) electrons. The second-order valence-electron chi connectivity index (χ2n) is 8.61. The summed E-state index contributed by atoms with van der Waals surface area (Å²) in [7, 11) is 0. The first-order valence-corrected chi connectivity index (χ1v) is 10.0. The Balaban J connectivity index is 1.23. The summed E-state index contributed by atoms with van der Waals surface area (Å²) in [5.41, 5.74) is 1.02. The van der Waals surface area contributed by atoms with Gasteiger partial charge in [-0.05, 0) is 37.0 Å². The normalized spacial score (nSPS) is 30.7. The predicted octanol–water partition coefficient (Wildman–Crippen LogP) is 3.95. The lowest BCUT2D eigenvalue weighted by Crippen LogP contribution is -2.62. The largest absolute Gasteiger partial charge is 0.335 e. The van der Waals surface area contributed by atoms with Crippen molar-refractivity contribution in [1.82, 2.24) is 19.8 Å². The van der Waals surface area contributed by atoms with Crippen molar-refractivity contribution in [2.75, 3.05) is 13.1 Å². The van der Waals surface area contributed by atoms with E-state index in [1.54, 1.807) is 6.33 Å². The van der Waals surface area contributed by atoms with E-state index in [0.717, 1.165) is 30.2 Å². The van der Waals surface area contributed by atoms with Crippen molar-refractivity contribution in [3.8, 4) is 0 Å². The van der Waals surface area contributed by atoms with Crippen LogP contribution in [0.4, 0.5) is 22.4 Å². The molecule has 1 aromatic carbocycles. The highest BCUT2D eigenvalue weighted by molar-refractivity contribution is 5.76. The van der Waals surface area contributed by atoms with Gasteiger partial charge in [0.25, 0.3) is 5.92 Å². The Morgan fingerprint density at radius 2 is 1.90 bits per heavy atom. The predicted molar refractivity (Wildman–Crippen MR) is 97.5 cm³/mol. The topological polar surface area (TPSA) is 50.2 Å². The van der Waals surface area contributed by atoms with E-state index in [2.05, 4.69) is 10.3 Å². The average Bonchev–Trinajstić information content (AvgIpc) is 2.98. The third-order valence-corrected chi connectivity index (χ3v) is 6.84. The number of likely N-dealkylation sites (tertiary alicyclic amines) is 1. The lowest BCUT2D eigenvalue weighted by atomic mass is 9.99. The van der Waals surface area contributed by atoms with Crippen LogP contribution in [0.2, 0.25) is 0 Å². The van der Waals surface area contributed by atoms with Crippen LogP contribution in [0.25, 0.3) is 11.0 Å². The van der Waals surface area contributed by atoms with Gasteiger partial charge in [-0.15, -0.1) is 0 Å². The van der Waals surface area contributed by atoms with E-state index >= 15 is 0 Å². The van der Waals surface area contributed by atoms with Crippen LogP contribution in [-0.2, 0) is 0 Å². The highest BCUT2D eigenvalue weighted by atomic mass is 19.3. The second kappa shape index (κ2) is 6.34. The molecule has 3 fully saturated rings. The molecule has 0 unspecified atom stereocenters. The van der Waals surface area contributed by atoms with Gasteiger partial charge < -0.3 is 14.8 Å². The summed E-state index contributed by atoms with van der Waals surface area (Å²) in [5.74, 6) is -3.34. The molecule has 0 bridgehead atoms. The van der Waals surface area contributed by atoms with E-state index < -0.39 is 36.7 Å². The first-order chi connectivity index (χ1) is 13.8. The summed E-state index contributed by atoms with van der Waals surface area (Å²) in [5, 5.41) is 2.93. The number of benzene rings is 1. The van der Waals surface area contributed by atoms with Crippen LogP contribution in [0, 0.1) is 29.4 Å². The molecular weight excluding hydrogens is 388 g/mol. The van der Waals surface area contributed by atoms with Crippen molar-refractivity contribution in [2.45, 2.75) is 44.2 Å². The average molecular weight is 410 g/mol. The first-order valence-electron chi connectivity index (χ1n) is 10.0. The van der Waals surface area contributed by atoms with E-state index in [0.29, 0.717) is 28.8 Å². The van der Waals surface area contributed by atoms with Crippen molar-refractivity contribution < 1.29 is 22.4 Å². The minimum atomic E-state index is -2.77. The zero-order valence-electron chi connectivity index (χ0n) is 15.9. The lowest BCUT2D eigenvalue weighted by Gasteiger charge is -2.39. The molecule has 5 nitrogen and oxygen atoms in total. The van der Waals surface area contributed by atoms with Gasteiger partial charge in [-0.3, -0.25) is 0 Å². The van der Waals surface area contributed by atoms with Gasteiger partial charge in [-0.25, -0.2) is 27.3 Å². The van der Waals surface area contributed by atoms with E-state index in [9.17, 15) is 22.4 Å². The maximum absolute atomic E-state index is 13.7. The Labute approximate surface area is 165 Å². The van der Waals surface area contributed by atoms with Gasteiger partial charge in [0.15, 0.2) is 11.6 Å². The smallest absolute Gasteiger partial charge is 0.318 e. The molecule has 29 heavy (non-hydrogen) atoms. The Morgan fingerprint density at radius 1 is 1.24 bits per heavy atom. The fourth-order valence-electron chi connectivity index (χ4n) is 5.38. The molecule has 0 spiro atoms. The van der Waals surface area contributed by atoms with Crippen molar-refractivity contribution in [1.29, 1.82) is 0 Å². The summed E-state index contributed by atoms with van der Waals surface area (Å²) in [6.07, 6.45) is 4.15. The summed E-state index contributed by atoms with van der Waals surface area (Å²) < 4.78 is 55.0. The minimum Gasteiger partial charge on any atom is -0.335 e. The van der Waals surface area contributed by atoms with Gasteiger partial charge in [-0.2, -0.15) is 0 Å². The Kier molecular flexibility index (Phi) is 4.08. The minimum absolute atomic E-state index is 0.0289. The summed E-state index contributed by atoms with van der Waals surface area (Å²) in [6.45, 7) is 0.960. The lowest BCUT2D eigenvalue weighted by molar-refractivity contribution is -0.110. The summed E-state index contributed by atoms with van der Waals surface area (Å²) in [4.78, 5) is 17.5. The Morgan fingerprint density at radius 3 is 2.52 bits per heavy atom. The second-order valence-corrected chi connectivity index (χ2v) is 8.61. The molecule has 2 amide bonds. The van der Waals surface area contributed by atoms with E-state index in [1.165, 1.54) is 6.07 Å². The fraction of sp³-hybridized carbons (Fsp3) is 0.600. The van der Waals surface area contributed by atoms with Gasteiger partial charge >= 0.3 is 6.03 Å². The SMILES string of the molecule is CC[C@@H](NC(=O)N1CC(F)(F)C1)[C@H]1[C@@H]2C[C@@H](n3cnc4cc(F)c(F)cc43)C[C@@H]21. The Hall–Kier alpha value is -2.32. The molecule has 3 aliphatic rings. The monoisotopic (exact) mass is 410 g/mol. The van der Waals surface area contributed by atoms with Crippen LogP contribution in [0.3, 0.4) is 0 Å². The zero-order valence-corrected chi connectivity index (χ0v) is 15.9. The number of rotatable bonds is 4. The van der Waals surface area contributed by atoms with Gasteiger partial charge in [0.05, 0.1) is 30.5 Å². The number of halogens is 4. The van der Waals surface area contributed by atoms with Gasteiger partial charge in [0.1, 0.15) is 0 Å². The maximum Gasteiger partial charge on any atom is 0.318 e. The molecule has 1 aliphatic heterocycles. The molecule has 1 N–H and O–H groups in total. The number of imidazole rings is 1. The van der Waals surface area contributed by atoms with Gasteiger partial charge in [0.2, 0.25) is 0 Å². The third kappa shape index (κ3) is 3.05. The molecule has 2 saturated carbocycles. The third-order valence-electron chi connectivity index (χ3n) is 6.84. The molecular formula is C20H22F4N4O. The number of hydrogen-bond acceptors (Lipinski definition) is 2. The highest BCUT2D eigenvalue weighted by Gasteiger charge is 2.59. The number of carbonyl (C=O) groups excluding carboxylic acids is 1. The molecule has 1 saturated heterocycles. The van der Waals surface area contributed by atoms with Crippen molar-refractivity contribution in [2.24, 2.45) is 17.8 Å². The molecule has 5 atom stereocenters. The number of nitrogens with zero attached hydrogens (tertiary/aromatic N) is 3. The van der Waals surface area contributed by atoms with Crippen molar-refractivity contribution >= 4 is 17.1 Å². The number of nitrogens with one attached hydrogen (secondary N) is 1. The van der Waals surface area contributed by atoms with Crippen molar-refractivity contribution in [3.63, 3.8) is 0 Å².